The number of aromatic nitrogens is 2. The minimum Gasteiger partial charge on any atom is -0.312 e. The lowest BCUT2D eigenvalue weighted by atomic mass is 10.6. The van der Waals surface area contributed by atoms with Gasteiger partial charge in [0.25, 0.3) is 0 Å². The predicted octanol–water partition coefficient (Wildman–Crippen LogP) is 14.5. The fourth-order valence-electron chi connectivity index (χ4n) is 15.8. The van der Waals surface area contributed by atoms with Crippen molar-refractivity contribution in [3.63, 3.8) is 0 Å². The third-order valence-corrected chi connectivity index (χ3v) is 131. The lowest BCUT2D eigenvalue weighted by Crippen LogP contribution is -2.82. The topological polar surface area (TPSA) is 25.8 Å². The van der Waals surface area contributed by atoms with E-state index in [1.165, 1.54) is 0 Å². The molecule has 0 fully saturated rings. The van der Waals surface area contributed by atoms with E-state index in [-0.39, 0.29) is 0 Å². The van der Waals surface area contributed by atoms with Gasteiger partial charge in [-0.25, -0.2) is 0 Å². The van der Waals surface area contributed by atoms with Gasteiger partial charge in [0.05, 0.1) is 15.2 Å². The lowest BCUT2D eigenvalue weighted by Gasteiger charge is -2.64. The van der Waals surface area contributed by atoms with Crippen LogP contribution in [0.4, 0.5) is 0 Å². The number of hydrogen-bond donors (Lipinski definition) is 0. The molecule has 16 heteroatoms. The van der Waals surface area contributed by atoms with Crippen LogP contribution in [0.25, 0.3) is 0 Å². The van der Waals surface area contributed by atoms with E-state index in [1.807, 2.05) is 0 Å². The van der Waals surface area contributed by atoms with Gasteiger partial charge in [-0.3, -0.25) is 0 Å². The Morgan fingerprint density at radius 2 is 0.414 bits per heavy atom. The summed E-state index contributed by atoms with van der Waals surface area (Å²) in [6.07, 6.45) is 0. The van der Waals surface area contributed by atoms with Crippen LogP contribution in [0.1, 0.15) is 27.7 Å². The van der Waals surface area contributed by atoms with E-state index in [4.69, 9.17) is 9.28 Å². The smallest absolute Gasteiger partial charge is 0.139 e. The fourth-order valence-corrected chi connectivity index (χ4v) is 230. The number of hydrogen-bond acceptors (Lipinski definition) is 2. The normalized spacial score (nSPS) is 16.0. The first-order valence-corrected chi connectivity index (χ1v) is 69.7. The Morgan fingerprint density at radius 1 is 0.276 bits per heavy atom. The minimum absolute atomic E-state index is 0.761. The van der Waals surface area contributed by atoms with Gasteiger partial charge < -0.3 is 9.28 Å². The van der Waals surface area contributed by atoms with Crippen LogP contribution >= 0.6 is 0 Å². The summed E-state index contributed by atoms with van der Waals surface area (Å²) in [5.41, 5.74) is 1.52. The molecular weight excluding hydrogens is 926 g/mol. The Labute approximate surface area is 382 Å². The standard InChI is InChI=1S/C42H108N2Si14/c1-35(2)57(39(49(11,12)13)50(14,15)16,40(51(17,18)19)52(20,21)22)45-43-37(47(5,6)7)38(48(8,9)10)44-46(45)58(36(3)4,41(53(23,24)25)54(26,27)28)42(55(29,30)31)56(32,33)34/h35-36,39-42H,1-34H3. The zero-order chi connectivity index (χ0) is 47.2. The molecule has 1 aromatic heterocycles. The van der Waals surface area contributed by atoms with Crippen molar-refractivity contribution >= 4 is 122 Å². The van der Waals surface area contributed by atoms with Crippen LogP contribution in [0.15, 0.2) is 0 Å². The summed E-state index contributed by atoms with van der Waals surface area (Å²) < 4.78 is 14.4. The summed E-state index contributed by atoms with van der Waals surface area (Å²) in [6, 6.07) is 0. The van der Waals surface area contributed by atoms with Crippen LogP contribution in [-0.2, 0) is 0 Å². The molecule has 342 valence electrons. The van der Waals surface area contributed by atoms with Gasteiger partial charge in [0.1, 0.15) is 31.3 Å². The van der Waals surface area contributed by atoms with Crippen LogP contribution < -0.4 is 10.6 Å². The van der Waals surface area contributed by atoms with Crippen LogP contribution in [0.3, 0.4) is 0 Å². The molecule has 0 saturated carbocycles. The quantitative estimate of drug-likeness (QED) is 0.137. The first kappa shape index (κ1) is 58.4. The molecule has 0 aliphatic rings. The lowest BCUT2D eigenvalue weighted by molar-refractivity contribution is 0.985. The molecule has 0 N–H and O–H groups in total. The molecule has 0 aliphatic heterocycles. The SMILES string of the molecule is CC(C)[Si](C([Si](C)(C)C)[Si](C)(C)C)(C([Si](C)(C)C)[Si](C)(C)C)[si]1nc([Si](C)(C)C)c([Si](C)(C)C)n[si]1[Si](C(C)C)(C([Si](C)(C)C)[Si](C)(C)C)C([Si](C)(C)C)[Si](C)(C)C. The van der Waals surface area contributed by atoms with Crippen LogP contribution in [0.5, 0.6) is 0 Å². The molecule has 2 nitrogen and oxygen atoms in total. The van der Waals surface area contributed by atoms with Crippen molar-refractivity contribution in [3.05, 3.63) is 0 Å². The van der Waals surface area contributed by atoms with Gasteiger partial charge in [-0.15, -0.1) is 0 Å². The molecule has 0 amide bonds. The van der Waals surface area contributed by atoms with Gasteiger partial charge in [0.2, 0.25) is 0 Å². The average molecular weight is 1030 g/mol. The second kappa shape index (κ2) is 17.9. The summed E-state index contributed by atoms with van der Waals surface area (Å²) >= 11 is 0. The molecule has 1 aromatic rings. The minimum atomic E-state index is -2.30. The highest BCUT2D eigenvalue weighted by molar-refractivity contribution is 7.65. The molecule has 58 heavy (non-hydrogen) atoms. The molecule has 0 unspecified atom stereocenters. The first-order chi connectivity index (χ1) is 24.8. The Bertz CT molecular complexity index is 1320. The Balaban J connectivity index is 6.02. The average Bonchev–Trinajstić information content (AvgIpc) is 2.83. The van der Waals surface area contributed by atoms with E-state index in [1.54, 1.807) is 10.6 Å². The zero-order valence-corrected chi connectivity index (χ0v) is 60.4. The number of nitrogens with zero attached hydrogens (tertiary/aromatic N) is 2. The molecular formula is C42H108N2Si14. The molecule has 1 heterocycles. The van der Waals surface area contributed by atoms with Crippen molar-refractivity contribution in [2.24, 2.45) is 0 Å². The van der Waals surface area contributed by atoms with E-state index in [2.05, 4.69) is 224 Å². The summed E-state index contributed by atoms with van der Waals surface area (Å²) in [5.74, 6) is 0. The molecule has 0 aromatic carbocycles. The van der Waals surface area contributed by atoms with Crippen molar-refractivity contribution in [2.75, 3.05) is 0 Å². The predicted molar refractivity (Wildman–Crippen MR) is 314 cm³/mol. The number of rotatable bonds is 18. The van der Waals surface area contributed by atoms with Gasteiger partial charge in [-0.1, -0.05) is 243 Å². The molecule has 0 atom stereocenters. The Morgan fingerprint density at radius 3 is 0.500 bits per heavy atom. The molecule has 0 radical (unpaired) electrons. The Hall–Kier alpha value is 2.38. The second-order valence-electron chi connectivity index (χ2n) is 31.0. The maximum absolute atomic E-state index is 7.19. The Kier molecular flexibility index (Phi) is 18.0. The van der Waals surface area contributed by atoms with Gasteiger partial charge >= 0.3 is 0 Å². The van der Waals surface area contributed by atoms with Crippen molar-refractivity contribution in [1.29, 1.82) is 0 Å². The van der Waals surface area contributed by atoms with Crippen LogP contribution in [0, 0.1) is 0 Å². The highest BCUT2D eigenvalue weighted by Crippen LogP contribution is 2.60. The summed E-state index contributed by atoms with van der Waals surface area (Å²) in [4.78, 5) is 3.86. The van der Waals surface area contributed by atoms with Gasteiger partial charge in [-0.2, -0.15) is 0 Å². The highest BCUT2D eigenvalue weighted by Gasteiger charge is 2.71. The second-order valence-corrected chi connectivity index (χ2v) is 114. The van der Waals surface area contributed by atoms with E-state index >= 15 is 0 Å². The molecule has 0 spiro atoms. The zero-order valence-electron chi connectivity index (χ0n) is 46.4. The van der Waals surface area contributed by atoms with Crippen molar-refractivity contribution in [2.45, 2.75) is 254 Å². The fraction of sp³-hybridized carbons (Fsp3) is 0.952. The van der Waals surface area contributed by atoms with Gasteiger partial charge in [-0.05, 0) is 11.1 Å². The van der Waals surface area contributed by atoms with Crippen molar-refractivity contribution in [3.8, 4) is 0 Å². The summed E-state index contributed by atoms with van der Waals surface area (Å²) in [5, 5.41) is 3.34. The van der Waals surface area contributed by atoms with Crippen LogP contribution in [0.2, 0.25) is 227 Å². The third kappa shape index (κ3) is 12.0. The monoisotopic (exact) mass is 1030 g/mol. The van der Waals surface area contributed by atoms with Crippen LogP contribution in [-0.4, -0.2) is 120 Å². The highest BCUT2D eigenvalue weighted by atomic mass is 29.7. The molecule has 0 bridgehead atoms. The van der Waals surface area contributed by atoms with Crippen molar-refractivity contribution < 1.29 is 0 Å². The third-order valence-electron chi connectivity index (χ3n) is 13.9. The molecule has 0 saturated heterocycles. The van der Waals surface area contributed by atoms with Gasteiger partial charge in [0.15, 0.2) is 0 Å². The maximum Gasteiger partial charge on any atom is 0.139 e. The van der Waals surface area contributed by atoms with E-state index in [9.17, 15) is 0 Å². The van der Waals surface area contributed by atoms with E-state index < -0.39 is 111 Å². The summed E-state index contributed by atoms with van der Waals surface area (Å²) in [6.45, 7) is 96.8. The maximum atomic E-state index is 7.19. The van der Waals surface area contributed by atoms with Gasteiger partial charge in [0, 0.05) is 75.2 Å². The first-order valence-electron chi connectivity index (χ1n) is 23.7. The molecule has 0 aliphatic carbocycles. The largest absolute Gasteiger partial charge is 0.312 e. The summed E-state index contributed by atoms with van der Waals surface area (Å²) in [7, 11) is -24.4. The van der Waals surface area contributed by atoms with Crippen molar-refractivity contribution in [1.82, 2.24) is 9.28 Å². The molecule has 1 rings (SSSR count). The van der Waals surface area contributed by atoms with E-state index in [0.717, 1.165) is 30.2 Å². The van der Waals surface area contributed by atoms with E-state index in [0.29, 0.717) is 0 Å².